The molecule has 31 heavy (non-hydrogen) atoms. The molecular weight excluding hydrogens is 414 g/mol. The molecule has 1 aliphatic carbocycles. The van der Waals surface area contributed by atoms with Gasteiger partial charge in [-0.05, 0) is 62.6 Å². The number of carbonyl (C=O) groups excluding carboxylic acids is 2. The van der Waals surface area contributed by atoms with Gasteiger partial charge in [0.25, 0.3) is 11.8 Å². The number of benzene rings is 2. The molecule has 2 amide bonds. The van der Waals surface area contributed by atoms with E-state index in [0.717, 1.165) is 24.8 Å². The molecule has 0 saturated heterocycles. The van der Waals surface area contributed by atoms with E-state index in [0.29, 0.717) is 16.8 Å². The summed E-state index contributed by atoms with van der Waals surface area (Å²) in [6.07, 6.45) is 2.70. The molecule has 3 N–H and O–H groups in total. The van der Waals surface area contributed by atoms with Crippen LogP contribution in [0.15, 0.2) is 48.5 Å². The van der Waals surface area contributed by atoms with Crippen LogP contribution in [0, 0.1) is 0 Å². The Bertz CT molecular complexity index is 1050. The number of amides is 2. The Labute approximate surface area is 183 Å². The van der Waals surface area contributed by atoms with Gasteiger partial charge in [0.1, 0.15) is 0 Å². The average Bonchev–Trinajstić information content (AvgIpc) is 3.21. The van der Waals surface area contributed by atoms with Crippen LogP contribution < -0.4 is 15.4 Å². The molecule has 2 aromatic rings. The fourth-order valence-corrected chi connectivity index (χ4v) is 4.79. The van der Waals surface area contributed by atoms with Crippen molar-refractivity contribution in [2.24, 2.45) is 0 Å². The van der Waals surface area contributed by atoms with Gasteiger partial charge >= 0.3 is 0 Å². The van der Waals surface area contributed by atoms with Crippen LogP contribution in [0.1, 0.15) is 65.3 Å². The zero-order valence-electron chi connectivity index (χ0n) is 18.0. The summed E-state index contributed by atoms with van der Waals surface area (Å²) in [4.78, 5) is 24.3. The van der Waals surface area contributed by atoms with Gasteiger partial charge in [-0.2, -0.15) is 0 Å². The molecule has 2 aromatic carbocycles. The lowest BCUT2D eigenvalue weighted by Gasteiger charge is -2.23. The van der Waals surface area contributed by atoms with Crippen LogP contribution in [-0.2, 0) is 10.0 Å². The number of sulfonamides is 1. The summed E-state index contributed by atoms with van der Waals surface area (Å²) in [5.74, 6) is -0.442. The number of anilines is 1. The molecule has 1 fully saturated rings. The summed E-state index contributed by atoms with van der Waals surface area (Å²) in [6, 6.07) is 13.9. The Balaban J connectivity index is 1.69. The second-order valence-corrected chi connectivity index (χ2v) is 10.4. The first kappa shape index (κ1) is 23.0. The van der Waals surface area contributed by atoms with E-state index in [4.69, 9.17) is 0 Å². The van der Waals surface area contributed by atoms with Crippen molar-refractivity contribution in [1.82, 2.24) is 10.0 Å². The first-order valence-corrected chi connectivity index (χ1v) is 12.0. The van der Waals surface area contributed by atoms with Crippen LogP contribution in [-0.4, -0.2) is 38.6 Å². The molecule has 0 radical (unpaired) electrons. The minimum Gasteiger partial charge on any atom is -0.355 e. The van der Waals surface area contributed by atoms with Gasteiger partial charge in [-0.1, -0.05) is 24.6 Å². The summed E-state index contributed by atoms with van der Waals surface area (Å²) in [5, 5.41) is 4.92. The van der Waals surface area contributed by atoms with Gasteiger partial charge in [0, 0.05) is 35.8 Å². The van der Waals surface area contributed by atoms with Crippen molar-refractivity contribution >= 4 is 27.5 Å². The summed E-state index contributed by atoms with van der Waals surface area (Å²) < 4.78 is 27.4. The molecule has 0 bridgehead atoms. The number of nitrogens with one attached hydrogen (secondary N) is 3. The molecule has 7 nitrogen and oxygen atoms in total. The van der Waals surface area contributed by atoms with Crippen LogP contribution >= 0.6 is 0 Å². The molecule has 8 heteroatoms. The van der Waals surface area contributed by atoms with Crippen LogP contribution in [0.2, 0.25) is 0 Å². The molecule has 0 heterocycles. The van der Waals surface area contributed by atoms with Gasteiger partial charge in [0.15, 0.2) is 0 Å². The highest BCUT2D eigenvalue weighted by Crippen LogP contribution is 2.35. The van der Waals surface area contributed by atoms with E-state index >= 15 is 0 Å². The molecule has 1 aliphatic rings. The number of hydrogen-bond acceptors (Lipinski definition) is 4. The molecule has 0 spiro atoms. The smallest absolute Gasteiger partial charge is 0.255 e. The molecular formula is C23H29N3O4S. The van der Waals surface area contributed by atoms with Crippen LogP contribution in [0.4, 0.5) is 5.69 Å². The van der Waals surface area contributed by atoms with Crippen molar-refractivity contribution in [3.63, 3.8) is 0 Å². The third kappa shape index (κ3) is 5.51. The van der Waals surface area contributed by atoms with E-state index in [1.54, 1.807) is 45.2 Å². The lowest BCUT2D eigenvalue weighted by Crippen LogP contribution is -2.40. The average molecular weight is 444 g/mol. The summed E-state index contributed by atoms with van der Waals surface area (Å²) in [5.41, 5.74) is 2.50. The molecule has 2 atom stereocenters. The van der Waals surface area contributed by atoms with E-state index in [2.05, 4.69) is 15.4 Å². The molecule has 0 aliphatic heterocycles. The van der Waals surface area contributed by atoms with Gasteiger partial charge in [0.2, 0.25) is 10.0 Å². The third-order valence-corrected chi connectivity index (χ3v) is 7.54. The van der Waals surface area contributed by atoms with Crippen molar-refractivity contribution in [3.05, 3.63) is 65.2 Å². The highest BCUT2D eigenvalue weighted by Gasteiger charge is 2.32. The monoisotopic (exact) mass is 443 g/mol. The Morgan fingerprint density at radius 2 is 1.61 bits per heavy atom. The van der Waals surface area contributed by atoms with Gasteiger partial charge in [-0.15, -0.1) is 0 Å². The first-order chi connectivity index (χ1) is 14.7. The zero-order chi connectivity index (χ0) is 22.6. The second-order valence-electron chi connectivity index (χ2n) is 8.09. The van der Waals surface area contributed by atoms with Crippen molar-refractivity contribution in [2.75, 3.05) is 12.4 Å². The van der Waals surface area contributed by atoms with Crippen LogP contribution in [0.5, 0.6) is 0 Å². The second kappa shape index (κ2) is 9.62. The summed E-state index contributed by atoms with van der Waals surface area (Å²) >= 11 is 0. The SMILES string of the molecule is CNC(=O)c1cccc(C(=O)Nc2ccc(C3CCCC3NS(=O)(=O)C(C)C)cc2)c1. The van der Waals surface area contributed by atoms with Gasteiger partial charge in [-0.25, -0.2) is 13.1 Å². The number of rotatable bonds is 7. The van der Waals surface area contributed by atoms with Crippen molar-refractivity contribution in [1.29, 1.82) is 0 Å². The van der Waals surface area contributed by atoms with E-state index in [9.17, 15) is 18.0 Å². The predicted molar refractivity (Wildman–Crippen MR) is 122 cm³/mol. The standard InChI is InChI=1S/C23H29N3O4S/c1-15(2)31(29,30)26-21-9-5-8-20(21)16-10-12-19(13-11-16)25-23(28)18-7-4-6-17(14-18)22(27)24-3/h4,6-7,10-15,20-21,26H,5,8-9H2,1-3H3,(H,24,27)(H,25,28). The highest BCUT2D eigenvalue weighted by molar-refractivity contribution is 7.90. The highest BCUT2D eigenvalue weighted by atomic mass is 32.2. The quantitative estimate of drug-likeness (QED) is 0.611. The number of carbonyl (C=O) groups is 2. The van der Waals surface area contributed by atoms with Gasteiger partial charge < -0.3 is 10.6 Å². The van der Waals surface area contributed by atoms with Gasteiger partial charge in [0.05, 0.1) is 5.25 Å². The zero-order valence-corrected chi connectivity index (χ0v) is 18.8. The molecule has 2 unspecified atom stereocenters. The summed E-state index contributed by atoms with van der Waals surface area (Å²) in [7, 11) is -1.78. The molecule has 0 aromatic heterocycles. The van der Waals surface area contributed by atoms with Crippen molar-refractivity contribution in [3.8, 4) is 0 Å². The van der Waals surface area contributed by atoms with Crippen LogP contribution in [0.25, 0.3) is 0 Å². The predicted octanol–water partition coefficient (Wildman–Crippen LogP) is 3.26. The summed E-state index contributed by atoms with van der Waals surface area (Å²) in [6.45, 7) is 3.35. The maximum absolute atomic E-state index is 12.6. The minimum atomic E-state index is -3.32. The topological polar surface area (TPSA) is 104 Å². The van der Waals surface area contributed by atoms with E-state index in [1.807, 2.05) is 24.3 Å². The lowest BCUT2D eigenvalue weighted by atomic mass is 9.94. The third-order valence-electron chi connectivity index (χ3n) is 5.66. The largest absolute Gasteiger partial charge is 0.355 e. The lowest BCUT2D eigenvalue weighted by molar-refractivity contribution is 0.0963. The molecule has 166 valence electrons. The maximum atomic E-state index is 12.6. The van der Waals surface area contributed by atoms with Crippen molar-refractivity contribution in [2.45, 2.75) is 50.3 Å². The number of hydrogen-bond donors (Lipinski definition) is 3. The fourth-order valence-electron chi connectivity index (χ4n) is 3.81. The first-order valence-electron chi connectivity index (χ1n) is 10.5. The molecule has 3 rings (SSSR count). The van der Waals surface area contributed by atoms with Gasteiger partial charge in [-0.3, -0.25) is 9.59 Å². The Morgan fingerprint density at radius 1 is 0.968 bits per heavy atom. The van der Waals surface area contributed by atoms with Crippen molar-refractivity contribution < 1.29 is 18.0 Å². The maximum Gasteiger partial charge on any atom is 0.255 e. The Hall–Kier alpha value is -2.71. The van der Waals surface area contributed by atoms with E-state index < -0.39 is 15.3 Å². The molecule has 1 saturated carbocycles. The fraction of sp³-hybridized carbons (Fsp3) is 0.391. The van der Waals surface area contributed by atoms with E-state index in [1.165, 1.54) is 0 Å². The minimum absolute atomic E-state index is 0.111. The Morgan fingerprint density at radius 3 is 2.23 bits per heavy atom. The van der Waals surface area contributed by atoms with E-state index in [-0.39, 0.29) is 23.8 Å². The van der Waals surface area contributed by atoms with Crippen LogP contribution in [0.3, 0.4) is 0 Å². The normalized spacial score (nSPS) is 18.7. The Kier molecular flexibility index (Phi) is 7.12.